The van der Waals surface area contributed by atoms with Crippen molar-refractivity contribution in [3.05, 3.63) is 59.3 Å². The van der Waals surface area contributed by atoms with Crippen molar-refractivity contribution in [1.29, 1.82) is 0 Å². The molecule has 134 valence electrons. The zero-order chi connectivity index (χ0) is 18.1. The van der Waals surface area contributed by atoms with Crippen LogP contribution < -0.4 is 14.8 Å². The van der Waals surface area contributed by atoms with Crippen LogP contribution in [0.25, 0.3) is 0 Å². The molecule has 0 saturated heterocycles. The number of ether oxygens (including phenoxy) is 2. The van der Waals surface area contributed by atoms with Gasteiger partial charge in [-0.05, 0) is 31.0 Å². The number of Topliss-reactive ketones (excluding diaryl/α,β-unsaturated/α-hetero) is 1. The van der Waals surface area contributed by atoms with Crippen molar-refractivity contribution in [3.8, 4) is 11.5 Å². The van der Waals surface area contributed by atoms with E-state index in [4.69, 9.17) is 9.47 Å². The molecule has 1 heterocycles. The van der Waals surface area contributed by atoms with Gasteiger partial charge in [0.05, 0.1) is 25.2 Å². The lowest BCUT2D eigenvalue weighted by Gasteiger charge is -2.25. The molecule has 4 rings (SSSR count). The summed E-state index contributed by atoms with van der Waals surface area (Å²) >= 11 is 1.69. The van der Waals surface area contributed by atoms with Crippen LogP contribution in [0.5, 0.6) is 11.5 Å². The van der Waals surface area contributed by atoms with E-state index in [0.717, 1.165) is 40.3 Å². The van der Waals surface area contributed by atoms with Gasteiger partial charge in [-0.2, -0.15) is 0 Å². The first kappa shape index (κ1) is 17.0. The fourth-order valence-electron chi connectivity index (χ4n) is 3.66. The van der Waals surface area contributed by atoms with Crippen molar-refractivity contribution in [3.63, 3.8) is 0 Å². The van der Waals surface area contributed by atoms with Gasteiger partial charge in [0.15, 0.2) is 17.3 Å². The van der Waals surface area contributed by atoms with Crippen LogP contribution in [0.1, 0.15) is 30.1 Å². The largest absolute Gasteiger partial charge is 0.493 e. The molecule has 1 atom stereocenters. The molecular weight excluding hydrogens is 346 g/mol. The molecule has 2 aromatic rings. The van der Waals surface area contributed by atoms with E-state index in [9.17, 15) is 4.79 Å². The maximum absolute atomic E-state index is 12.9. The van der Waals surface area contributed by atoms with Crippen molar-refractivity contribution in [1.82, 2.24) is 0 Å². The second-order valence-corrected chi connectivity index (χ2v) is 7.52. The Hall–Kier alpha value is -2.40. The number of methoxy groups -OCH3 is 2. The normalized spacial score (nSPS) is 19.2. The van der Waals surface area contributed by atoms with E-state index in [-0.39, 0.29) is 11.0 Å². The number of para-hydroxylation sites is 2. The summed E-state index contributed by atoms with van der Waals surface area (Å²) < 4.78 is 11.2. The van der Waals surface area contributed by atoms with Crippen molar-refractivity contribution in [2.24, 2.45) is 0 Å². The molecule has 2 aromatic carbocycles. The highest BCUT2D eigenvalue weighted by atomic mass is 32.2. The van der Waals surface area contributed by atoms with Gasteiger partial charge in [0.1, 0.15) is 0 Å². The molecule has 26 heavy (non-hydrogen) atoms. The van der Waals surface area contributed by atoms with Crippen LogP contribution >= 0.6 is 11.8 Å². The van der Waals surface area contributed by atoms with E-state index >= 15 is 0 Å². The van der Waals surface area contributed by atoms with Crippen LogP contribution in [0, 0.1) is 0 Å². The van der Waals surface area contributed by atoms with E-state index in [2.05, 4.69) is 17.4 Å². The molecule has 0 spiro atoms. The number of carbonyl (C=O) groups excluding carboxylic acids is 1. The monoisotopic (exact) mass is 367 g/mol. The Labute approximate surface area is 157 Å². The molecule has 0 amide bonds. The number of benzene rings is 2. The van der Waals surface area contributed by atoms with Crippen LogP contribution in [0.4, 0.5) is 5.69 Å². The van der Waals surface area contributed by atoms with Crippen LogP contribution in [-0.4, -0.2) is 20.0 Å². The number of ketones is 1. The second-order valence-electron chi connectivity index (χ2n) is 6.37. The van der Waals surface area contributed by atoms with Gasteiger partial charge in [-0.3, -0.25) is 4.79 Å². The maximum Gasteiger partial charge on any atom is 0.165 e. The SMILES string of the molecule is COc1cccc([C@H]2Sc3ccccc3NC3=C2C(=O)CCC3)c1OC. The van der Waals surface area contributed by atoms with Gasteiger partial charge >= 0.3 is 0 Å². The quantitative estimate of drug-likeness (QED) is 0.830. The summed E-state index contributed by atoms with van der Waals surface area (Å²) in [5, 5.41) is 3.40. The van der Waals surface area contributed by atoms with E-state index < -0.39 is 0 Å². The highest BCUT2D eigenvalue weighted by Gasteiger charge is 2.34. The highest BCUT2D eigenvalue weighted by molar-refractivity contribution is 8.00. The first-order valence-corrected chi connectivity index (χ1v) is 9.60. The molecule has 0 aromatic heterocycles. The fourth-order valence-corrected chi connectivity index (χ4v) is 5.02. The van der Waals surface area contributed by atoms with Crippen molar-refractivity contribution in [2.75, 3.05) is 19.5 Å². The number of hydrogen-bond acceptors (Lipinski definition) is 5. The summed E-state index contributed by atoms with van der Waals surface area (Å²) in [6.45, 7) is 0. The van der Waals surface area contributed by atoms with Gasteiger partial charge in [-0.25, -0.2) is 0 Å². The summed E-state index contributed by atoms with van der Waals surface area (Å²) in [5.41, 5.74) is 3.93. The molecule has 1 aliphatic carbocycles. The minimum absolute atomic E-state index is 0.126. The minimum Gasteiger partial charge on any atom is -0.493 e. The predicted molar refractivity (Wildman–Crippen MR) is 104 cm³/mol. The molecule has 0 unspecified atom stereocenters. The molecule has 5 heteroatoms. The topological polar surface area (TPSA) is 47.6 Å². The number of rotatable bonds is 3. The number of anilines is 1. The first-order valence-electron chi connectivity index (χ1n) is 8.72. The third-order valence-electron chi connectivity index (χ3n) is 4.85. The van der Waals surface area contributed by atoms with E-state index in [1.54, 1.807) is 26.0 Å². The Morgan fingerprint density at radius 2 is 1.88 bits per heavy atom. The number of thioether (sulfide) groups is 1. The number of nitrogens with one attached hydrogen (secondary N) is 1. The van der Waals surface area contributed by atoms with Gasteiger partial charge in [0.2, 0.25) is 0 Å². The summed E-state index contributed by atoms with van der Waals surface area (Å²) in [7, 11) is 3.28. The number of hydrogen-bond donors (Lipinski definition) is 1. The van der Waals surface area contributed by atoms with Gasteiger partial charge < -0.3 is 14.8 Å². The first-order chi connectivity index (χ1) is 12.7. The van der Waals surface area contributed by atoms with E-state index in [1.807, 2.05) is 30.3 Å². The van der Waals surface area contributed by atoms with Gasteiger partial charge in [0.25, 0.3) is 0 Å². The smallest absolute Gasteiger partial charge is 0.165 e. The molecule has 0 fully saturated rings. The Balaban J connectivity index is 1.92. The van der Waals surface area contributed by atoms with Crippen molar-refractivity contribution < 1.29 is 14.3 Å². The molecular formula is C21H21NO3S. The van der Waals surface area contributed by atoms with Gasteiger partial charge in [-0.1, -0.05) is 24.3 Å². The van der Waals surface area contributed by atoms with Gasteiger partial charge in [0, 0.05) is 28.1 Å². The van der Waals surface area contributed by atoms with Crippen LogP contribution in [0.2, 0.25) is 0 Å². The summed E-state index contributed by atoms with van der Waals surface area (Å²) in [6, 6.07) is 14.1. The van der Waals surface area contributed by atoms with Crippen LogP contribution in [-0.2, 0) is 4.79 Å². The lowest BCUT2D eigenvalue weighted by Crippen LogP contribution is -2.19. The van der Waals surface area contributed by atoms with Crippen LogP contribution in [0.3, 0.4) is 0 Å². The summed E-state index contributed by atoms with van der Waals surface area (Å²) in [6.07, 6.45) is 2.37. The second kappa shape index (κ2) is 7.08. The number of fused-ring (bicyclic) bond motifs is 1. The van der Waals surface area contributed by atoms with Crippen LogP contribution in [0.15, 0.2) is 58.6 Å². The molecule has 0 saturated carbocycles. The molecule has 1 aliphatic heterocycles. The zero-order valence-electron chi connectivity index (χ0n) is 14.9. The molecule has 4 nitrogen and oxygen atoms in total. The average Bonchev–Trinajstić information content (AvgIpc) is 2.84. The molecule has 1 N–H and O–H groups in total. The minimum atomic E-state index is -0.126. The van der Waals surface area contributed by atoms with Gasteiger partial charge in [-0.15, -0.1) is 11.8 Å². The lowest BCUT2D eigenvalue weighted by atomic mass is 9.89. The zero-order valence-corrected chi connectivity index (χ0v) is 15.7. The fraction of sp³-hybridized carbons (Fsp3) is 0.286. The Morgan fingerprint density at radius 1 is 1.04 bits per heavy atom. The van der Waals surface area contributed by atoms with E-state index in [1.165, 1.54) is 0 Å². The van der Waals surface area contributed by atoms with Crippen molar-refractivity contribution >= 4 is 23.2 Å². The molecule has 2 aliphatic rings. The molecule has 0 bridgehead atoms. The average molecular weight is 367 g/mol. The number of allylic oxidation sites excluding steroid dienone is 1. The lowest BCUT2D eigenvalue weighted by molar-refractivity contribution is -0.116. The highest BCUT2D eigenvalue weighted by Crippen LogP contribution is 2.52. The van der Waals surface area contributed by atoms with E-state index in [0.29, 0.717) is 17.9 Å². The number of carbonyl (C=O) groups is 1. The Morgan fingerprint density at radius 3 is 2.69 bits per heavy atom. The Bertz CT molecular complexity index is 891. The standard InChI is InChI=1S/C21H21NO3S/c1-24-17-11-5-7-13(20(17)25-2)21-19-15(9-6-10-16(19)23)22-14-8-3-4-12-18(14)26-21/h3-5,7-8,11-12,21-22H,6,9-10H2,1-2H3/t21-/m1/s1. The van der Waals surface area contributed by atoms with Crippen molar-refractivity contribution in [2.45, 2.75) is 29.4 Å². The molecule has 0 radical (unpaired) electrons. The summed E-state index contributed by atoms with van der Waals surface area (Å²) in [4.78, 5) is 14.0. The maximum atomic E-state index is 12.9. The predicted octanol–water partition coefficient (Wildman–Crippen LogP) is 4.97. The third kappa shape index (κ3) is 2.86. The summed E-state index contributed by atoms with van der Waals surface area (Å²) in [5.74, 6) is 1.59. The third-order valence-corrected chi connectivity index (χ3v) is 6.19. The Kier molecular flexibility index (Phi) is 4.64.